The van der Waals surface area contributed by atoms with Crippen LogP contribution in [0.25, 0.3) is 0 Å². The molecule has 2 heterocycles. The molecular weight excluding hydrogens is 302 g/mol. The summed E-state index contributed by atoms with van der Waals surface area (Å²) in [5, 5.41) is 0. The molecule has 2 aromatic carbocycles. The van der Waals surface area contributed by atoms with Crippen LogP contribution in [0, 0.1) is 0 Å². The molecule has 0 aromatic heterocycles. The molecule has 0 amide bonds. The predicted molar refractivity (Wildman–Crippen MR) is 108 cm³/mol. The normalized spacial score (nSPS) is 19.1. The van der Waals surface area contributed by atoms with Crippen molar-refractivity contribution in [2.24, 2.45) is 0 Å². The summed E-state index contributed by atoms with van der Waals surface area (Å²) in [5.74, 6) is 0. The minimum Gasteiger partial charge on any atom is -0.309 e. The quantitative estimate of drug-likeness (QED) is 0.618. The molecule has 1 heteroatoms. The summed E-state index contributed by atoms with van der Waals surface area (Å²) in [7, 11) is 0. The van der Waals surface area contributed by atoms with Crippen LogP contribution in [0.4, 0.5) is 11.4 Å². The first-order chi connectivity index (χ1) is 11.9. The van der Waals surface area contributed by atoms with Crippen molar-refractivity contribution in [3.63, 3.8) is 0 Å². The number of rotatable bonds is 2. The molecule has 2 aliphatic rings. The highest BCUT2D eigenvalue weighted by Crippen LogP contribution is 2.57. The Morgan fingerprint density at radius 1 is 0.760 bits per heavy atom. The summed E-state index contributed by atoms with van der Waals surface area (Å²) in [6, 6.07) is 15.5. The van der Waals surface area contributed by atoms with Gasteiger partial charge < -0.3 is 4.90 Å². The molecule has 0 radical (unpaired) electrons. The predicted octanol–water partition coefficient (Wildman–Crippen LogP) is 6.38. The third-order valence-electron chi connectivity index (χ3n) is 6.01. The highest BCUT2D eigenvalue weighted by molar-refractivity contribution is 5.87. The minimum absolute atomic E-state index is 0.0352. The van der Waals surface area contributed by atoms with Gasteiger partial charge in [-0.1, -0.05) is 83.3 Å². The summed E-state index contributed by atoms with van der Waals surface area (Å²) in [5.41, 5.74) is 8.87. The highest BCUT2D eigenvalue weighted by atomic mass is 15.2. The van der Waals surface area contributed by atoms with Gasteiger partial charge in [-0.25, -0.2) is 0 Å². The van der Waals surface area contributed by atoms with E-state index in [1.807, 2.05) is 12.2 Å². The van der Waals surface area contributed by atoms with Crippen LogP contribution in [0.1, 0.15) is 44.4 Å². The fourth-order valence-corrected chi connectivity index (χ4v) is 4.65. The molecule has 0 aliphatic carbocycles. The third kappa shape index (κ3) is 1.84. The highest BCUT2D eigenvalue weighted by Gasteiger charge is 2.44. The average molecular weight is 327 g/mol. The molecule has 0 bridgehead atoms. The van der Waals surface area contributed by atoms with Crippen LogP contribution in [-0.4, -0.2) is 0 Å². The molecule has 0 N–H and O–H groups in total. The van der Waals surface area contributed by atoms with Gasteiger partial charge in [0, 0.05) is 16.5 Å². The minimum atomic E-state index is -0.102. The van der Waals surface area contributed by atoms with E-state index in [1.54, 1.807) is 0 Å². The van der Waals surface area contributed by atoms with Gasteiger partial charge >= 0.3 is 0 Å². The smallest absolute Gasteiger partial charge is 0.0543 e. The van der Waals surface area contributed by atoms with E-state index in [9.17, 15) is 0 Å². The Labute approximate surface area is 151 Å². The zero-order valence-corrected chi connectivity index (χ0v) is 15.6. The van der Waals surface area contributed by atoms with Crippen molar-refractivity contribution in [2.75, 3.05) is 4.90 Å². The topological polar surface area (TPSA) is 3.24 Å². The van der Waals surface area contributed by atoms with E-state index in [0.29, 0.717) is 0 Å². The summed E-state index contributed by atoms with van der Waals surface area (Å²) >= 11 is 0. The van der Waals surface area contributed by atoms with Crippen LogP contribution in [0.5, 0.6) is 0 Å². The van der Waals surface area contributed by atoms with E-state index in [-0.39, 0.29) is 10.8 Å². The number of allylic oxidation sites excluding steroid dienone is 3. The Kier molecular flexibility index (Phi) is 3.18. The van der Waals surface area contributed by atoms with Crippen molar-refractivity contribution < 1.29 is 0 Å². The number of benzene rings is 2. The lowest BCUT2D eigenvalue weighted by Crippen LogP contribution is -2.39. The van der Waals surface area contributed by atoms with Crippen molar-refractivity contribution in [3.05, 3.63) is 95.7 Å². The molecule has 0 spiro atoms. The van der Waals surface area contributed by atoms with E-state index >= 15 is 0 Å². The Hall–Kier alpha value is -2.54. The van der Waals surface area contributed by atoms with E-state index in [0.717, 1.165) is 5.70 Å². The largest absolute Gasteiger partial charge is 0.309 e. The van der Waals surface area contributed by atoms with Gasteiger partial charge in [0.15, 0.2) is 0 Å². The van der Waals surface area contributed by atoms with Gasteiger partial charge in [0.05, 0.1) is 11.4 Å². The van der Waals surface area contributed by atoms with Gasteiger partial charge in [-0.05, 0) is 34.4 Å². The van der Waals surface area contributed by atoms with Crippen LogP contribution >= 0.6 is 0 Å². The van der Waals surface area contributed by atoms with Crippen LogP contribution < -0.4 is 4.90 Å². The second-order valence-corrected chi connectivity index (χ2v) is 8.01. The number of nitrogens with zero attached hydrogens (tertiary/aromatic N) is 1. The van der Waals surface area contributed by atoms with Crippen LogP contribution in [0.2, 0.25) is 0 Å². The lowest BCUT2D eigenvalue weighted by atomic mass is 9.66. The van der Waals surface area contributed by atoms with Crippen LogP contribution in [-0.2, 0) is 10.8 Å². The maximum Gasteiger partial charge on any atom is 0.0543 e. The number of hydrogen-bond donors (Lipinski definition) is 0. The molecule has 0 unspecified atom stereocenters. The van der Waals surface area contributed by atoms with Crippen molar-refractivity contribution in [1.82, 2.24) is 0 Å². The SMILES string of the molecule is C=CC1=C(C=C)C(C)(C)c2cccc3c2N1c1ccccc1C3(C)C. The molecule has 2 aliphatic heterocycles. The first-order valence-corrected chi connectivity index (χ1v) is 8.89. The molecule has 2 aromatic rings. The van der Waals surface area contributed by atoms with Crippen LogP contribution in [0.3, 0.4) is 0 Å². The van der Waals surface area contributed by atoms with Crippen LogP contribution in [0.15, 0.2) is 79.0 Å². The zero-order valence-electron chi connectivity index (χ0n) is 15.6. The van der Waals surface area contributed by atoms with E-state index in [1.165, 1.54) is 33.6 Å². The van der Waals surface area contributed by atoms with Gasteiger partial charge in [-0.2, -0.15) is 0 Å². The summed E-state index contributed by atoms with van der Waals surface area (Å²) in [6.07, 6.45) is 3.97. The van der Waals surface area contributed by atoms with Crippen molar-refractivity contribution >= 4 is 11.4 Å². The number of fused-ring (bicyclic) bond motifs is 2. The fraction of sp³-hybridized carbons (Fsp3) is 0.250. The van der Waals surface area contributed by atoms with E-state index in [2.05, 4.69) is 88.2 Å². The first kappa shape index (κ1) is 16.0. The monoisotopic (exact) mass is 327 g/mol. The van der Waals surface area contributed by atoms with Crippen molar-refractivity contribution in [3.8, 4) is 0 Å². The Morgan fingerprint density at radius 2 is 1.36 bits per heavy atom. The lowest BCUT2D eigenvalue weighted by molar-refractivity contribution is 0.590. The van der Waals surface area contributed by atoms with E-state index in [4.69, 9.17) is 0 Å². The molecule has 1 nitrogen and oxygen atoms in total. The molecule has 4 rings (SSSR count). The van der Waals surface area contributed by atoms with Gasteiger partial charge in [0.25, 0.3) is 0 Å². The van der Waals surface area contributed by atoms with Crippen molar-refractivity contribution in [1.29, 1.82) is 0 Å². The number of hydrogen-bond acceptors (Lipinski definition) is 1. The van der Waals surface area contributed by atoms with Gasteiger partial charge in [-0.15, -0.1) is 0 Å². The standard InChI is InChI=1S/C24H25N/c1-7-16-20(8-2)25-21-15-10-9-12-17(21)24(5,6)19-14-11-13-18(22(19)25)23(16,3)4/h7-15H,1-2H2,3-6H3. The molecule has 126 valence electrons. The molecule has 25 heavy (non-hydrogen) atoms. The maximum atomic E-state index is 4.13. The second kappa shape index (κ2) is 4.98. The Morgan fingerprint density at radius 3 is 2.00 bits per heavy atom. The summed E-state index contributed by atoms with van der Waals surface area (Å²) in [4.78, 5) is 2.39. The van der Waals surface area contributed by atoms with Gasteiger partial charge in [0.2, 0.25) is 0 Å². The number of para-hydroxylation sites is 2. The van der Waals surface area contributed by atoms with Gasteiger partial charge in [0.1, 0.15) is 0 Å². The Bertz CT molecular complexity index is 940. The second-order valence-electron chi connectivity index (χ2n) is 8.01. The lowest BCUT2D eigenvalue weighted by Gasteiger charge is -2.49. The maximum absolute atomic E-state index is 4.13. The summed E-state index contributed by atoms with van der Waals surface area (Å²) < 4.78 is 0. The first-order valence-electron chi connectivity index (χ1n) is 8.89. The van der Waals surface area contributed by atoms with Crippen molar-refractivity contribution in [2.45, 2.75) is 38.5 Å². The average Bonchev–Trinajstić information content (AvgIpc) is 2.60. The molecular formula is C24H25N. The molecule has 0 saturated carbocycles. The Balaban J connectivity index is 2.20. The van der Waals surface area contributed by atoms with E-state index < -0.39 is 0 Å². The fourth-order valence-electron chi connectivity index (χ4n) is 4.65. The van der Waals surface area contributed by atoms with Gasteiger partial charge in [-0.3, -0.25) is 0 Å². The molecule has 0 fully saturated rings. The summed E-state index contributed by atoms with van der Waals surface area (Å²) in [6.45, 7) is 17.5. The molecule has 0 saturated heterocycles. The number of anilines is 2. The molecule has 0 atom stereocenters. The zero-order chi connectivity index (χ0) is 18.0. The third-order valence-corrected chi connectivity index (χ3v) is 6.01.